The average Bonchev–Trinajstić information content (AvgIpc) is 3.12. The lowest BCUT2D eigenvalue weighted by Gasteiger charge is -2.34. The van der Waals surface area contributed by atoms with Crippen molar-refractivity contribution in [2.45, 2.75) is 46.0 Å². The molecule has 1 fully saturated rings. The van der Waals surface area contributed by atoms with Crippen molar-refractivity contribution in [1.29, 1.82) is 0 Å². The van der Waals surface area contributed by atoms with Crippen molar-refractivity contribution in [2.24, 2.45) is 0 Å². The zero-order valence-corrected chi connectivity index (χ0v) is 18.1. The van der Waals surface area contributed by atoms with Crippen LogP contribution in [0, 0.1) is 0 Å². The summed E-state index contributed by atoms with van der Waals surface area (Å²) in [6, 6.07) is 6.91. The number of carbonyl (C=O) groups is 1. The predicted molar refractivity (Wildman–Crippen MR) is 114 cm³/mol. The summed E-state index contributed by atoms with van der Waals surface area (Å²) in [4.78, 5) is 16.5. The minimum Gasteiger partial charge on any atom is -0.444 e. The van der Waals surface area contributed by atoms with Gasteiger partial charge in [0.15, 0.2) is 0 Å². The maximum Gasteiger partial charge on any atom is 0.407 e. The molecule has 0 radical (unpaired) electrons. The molecule has 7 heteroatoms. The summed E-state index contributed by atoms with van der Waals surface area (Å²) >= 11 is 0. The van der Waals surface area contributed by atoms with Crippen LogP contribution in [0.25, 0.3) is 0 Å². The minimum atomic E-state index is -0.467. The molecule has 162 valence electrons. The molecule has 0 aliphatic carbocycles. The molecule has 29 heavy (non-hydrogen) atoms. The van der Waals surface area contributed by atoms with Crippen molar-refractivity contribution < 1.29 is 14.3 Å². The Morgan fingerprint density at radius 2 is 1.79 bits per heavy atom. The Hall–Kier alpha value is -1.67. The molecule has 0 bridgehead atoms. The summed E-state index contributed by atoms with van der Waals surface area (Å²) in [7, 11) is 0. The predicted octanol–water partition coefficient (Wildman–Crippen LogP) is 1.95. The monoisotopic (exact) mass is 404 g/mol. The lowest BCUT2D eigenvalue weighted by atomic mass is 10.1. The molecule has 1 aromatic carbocycles. The first-order valence-corrected chi connectivity index (χ1v) is 10.7. The topological polar surface area (TPSA) is 66.1 Å². The number of benzene rings is 1. The second kappa shape index (κ2) is 10.4. The van der Waals surface area contributed by atoms with Crippen molar-refractivity contribution in [3.8, 4) is 0 Å². The van der Waals surface area contributed by atoms with E-state index in [1.54, 1.807) is 0 Å². The lowest BCUT2D eigenvalue weighted by molar-refractivity contribution is 0.0476. The Morgan fingerprint density at radius 1 is 1.07 bits per heavy atom. The number of carbonyl (C=O) groups excluding carboxylic acids is 1. The molecule has 0 unspecified atom stereocenters. The van der Waals surface area contributed by atoms with Gasteiger partial charge in [0.1, 0.15) is 5.60 Å². The van der Waals surface area contributed by atoms with Crippen LogP contribution in [-0.4, -0.2) is 74.0 Å². The van der Waals surface area contributed by atoms with Gasteiger partial charge in [0.2, 0.25) is 0 Å². The molecule has 7 nitrogen and oxygen atoms in total. The number of piperazine rings is 1. The van der Waals surface area contributed by atoms with Gasteiger partial charge in [-0.1, -0.05) is 18.2 Å². The summed E-state index contributed by atoms with van der Waals surface area (Å²) in [5, 5.41) is 6.12. The third-order valence-corrected chi connectivity index (χ3v) is 5.24. The number of ether oxygens (including phenoxy) is 2. The van der Waals surface area contributed by atoms with Gasteiger partial charge in [-0.15, -0.1) is 0 Å². The smallest absolute Gasteiger partial charge is 0.407 e. The van der Waals surface area contributed by atoms with Crippen LogP contribution in [0.5, 0.6) is 0 Å². The van der Waals surface area contributed by atoms with Gasteiger partial charge in [-0.25, -0.2) is 4.79 Å². The van der Waals surface area contributed by atoms with E-state index >= 15 is 0 Å². The standard InChI is InChI=1S/C22H36N4O3/c1-22(2,3)29-21(27)24-6-12-28-13-11-25-7-9-26(10-8-25)17-18-4-5-19-15-23-16-20(19)14-18/h4-5,14,23H,6-13,15-17H2,1-3H3,(H,24,27). The number of amides is 1. The largest absolute Gasteiger partial charge is 0.444 e. The van der Waals surface area contributed by atoms with Crippen LogP contribution in [-0.2, 0) is 29.1 Å². The van der Waals surface area contributed by atoms with E-state index in [9.17, 15) is 4.79 Å². The summed E-state index contributed by atoms with van der Waals surface area (Å²) in [6.45, 7) is 15.5. The zero-order chi connectivity index (χ0) is 20.7. The maximum absolute atomic E-state index is 11.6. The normalized spacial score (nSPS) is 17.9. The molecular formula is C22H36N4O3. The number of alkyl carbamates (subject to hydrolysis) is 1. The molecule has 3 rings (SSSR count). The van der Waals surface area contributed by atoms with Crippen LogP contribution in [0.1, 0.15) is 37.5 Å². The second-order valence-corrected chi connectivity index (χ2v) is 8.87. The van der Waals surface area contributed by atoms with Crippen molar-refractivity contribution in [3.05, 3.63) is 34.9 Å². The number of nitrogens with zero attached hydrogens (tertiary/aromatic N) is 2. The van der Waals surface area contributed by atoms with Crippen LogP contribution in [0.15, 0.2) is 18.2 Å². The fourth-order valence-electron chi connectivity index (χ4n) is 3.71. The molecule has 2 aliphatic rings. The molecule has 1 saturated heterocycles. The van der Waals surface area contributed by atoms with E-state index in [-0.39, 0.29) is 0 Å². The van der Waals surface area contributed by atoms with Crippen molar-refractivity contribution in [3.63, 3.8) is 0 Å². The number of hydrogen-bond acceptors (Lipinski definition) is 6. The van der Waals surface area contributed by atoms with E-state index in [1.165, 1.54) is 16.7 Å². The van der Waals surface area contributed by atoms with Gasteiger partial charge in [-0.2, -0.15) is 0 Å². The minimum absolute atomic E-state index is 0.392. The molecule has 1 amide bonds. The van der Waals surface area contributed by atoms with Gasteiger partial charge in [-0.05, 0) is 37.5 Å². The number of hydrogen-bond donors (Lipinski definition) is 2. The highest BCUT2D eigenvalue weighted by Crippen LogP contribution is 2.18. The third-order valence-electron chi connectivity index (χ3n) is 5.24. The van der Waals surface area contributed by atoms with Crippen LogP contribution in [0.2, 0.25) is 0 Å². The molecular weight excluding hydrogens is 368 g/mol. The first-order valence-electron chi connectivity index (χ1n) is 10.7. The van der Waals surface area contributed by atoms with Gasteiger partial charge in [0.25, 0.3) is 0 Å². The quantitative estimate of drug-likeness (QED) is 0.646. The van der Waals surface area contributed by atoms with Crippen LogP contribution in [0.4, 0.5) is 4.79 Å². The van der Waals surface area contributed by atoms with Crippen LogP contribution < -0.4 is 10.6 Å². The first-order chi connectivity index (χ1) is 13.9. The van der Waals surface area contributed by atoms with Crippen LogP contribution >= 0.6 is 0 Å². The fourth-order valence-corrected chi connectivity index (χ4v) is 3.71. The highest BCUT2D eigenvalue weighted by Gasteiger charge is 2.18. The second-order valence-electron chi connectivity index (χ2n) is 8.87. The Kier molecular flexibility index (Phi) is 7.89. The molecule has 2 aliphatic heterocycles. The fraction of sp³-hybridized carbons (Fsp3) is 0.682. The highest BCUT2D eigenvalue weighted by molar-refractivity contribution is 5.67. The van der Waals surface area contributed by atoms with Gasteiger partial charge >= 0.3 is 6.09 Å². The van der Waals surface area contributed by atoms with Gasteiger partial charge in [-0.3, -0.25) is 9.80 Å². The van der Waals surface area contributed by atoms with E-state index in [4.69, 9.17) is 9.47 Å². The Balaban J connectivity index is 1.24. The van der Waals surface area contributed by atoms with E-state index in [0.29, 0.717) is 19.8 Å². The summed E-state index contributed by atoms with van der Waals surface area (Å²) in [6.07, 6.45) is -0.392. The van der Waals surface area contributed by atoms with Crippen molar-refractivity contribution >= 4 is 6.09 Å². The molecule has 0 atom stereocenters. The Bertz CT molecular complexity index is 667. The molecule has 1 aromatic rings. The first kappa shape index (κ1) is 22.0. The van der Waals surface area contributed by atoms with Gasteiger partial charge in [0.05, 0.1) is 13.2 Å². The lowest BCUT2D eigenvalue weighted by Crippen LogP contribution is -2.46. The van der Waals surface area contributed by atoms with Crippen molar-refractivity contribution in [1.82, 2.24) is 20.4 Å². The maximum atomic E-state index is 11.6. The molecule has 0 aromatic heterocycles. The SMILES string of the molecule is CC(C)(C)OC(=O)NCCOCCN1CCN(Cc2ccc3c(c2)CNC3)CC1. The Labute approximate surface area is 174 Å². The summed E-state index contributed by atoms with van der Waals surface area (Å²) < 4.78 is 10.8. The van der Waals surface area contributed by atoms with E-state index < -0.39 is 11.7 Å². The zero-order valence-electron chi connectivity index (χ0n) is 18.1. The highest BCUT2D eigenvalue weighted by atomic mass is 16.6. The molecule has 2 N–H and O–H groups in total. The molecule has 0 spiro atoms. The third kappa shape index (κ3) is 7.59. The van der Waals surface area contributed by atoms with Gasteiger partial charge in [0, 0.05) is 58.9 Å². The van der Waals surface area contributed by atoms with Crippen molar-refractivity contribution in [2.75, 3.05) is 52.5 Å². The summed E-state index contributed by atoms with van der Waals surface area (Å²) in [5.74, 6) is 0. The van der Waals surface area contributed by atoms with E-state index in [0.717, 1.165) is 52.4 Å². The van der Waals surface area contributed by atoms with Crippen LogP contribution in [0.3, 0.4) is 0 Å². The number of rotatable bonds is 8. The summed E-state index contributed by atoms with van der Waals surface area (Å²) in [5.41, 5.74) is 3.85. The molecule has 2 heterocycles. The van der Waals surface area contributed by atoms with Gasteiger partial charge < -0.3 is 20.1 Å². The number of fused-ring (bicyclic) bond motifs is 1. The van der Waals surface area contributed by atoms with E-state index in [2.05, 4.69) is 38.6 Å². The Morgan fingerprint density at radius 3 is 2.55 bits per heavy atom. The number of nitrogens with one attached hydrogen (secondary N) is 2. The average molecular weight is 405 g/mol. The van der Waals surface area contributed by atoms with E-state index in [1.807, 2.05) is 20.8 Å². The molecule has 0 saturated carbocycles.